The first-order valence-corrected chi connectivity index (χ1v) is 6.83. The fourth-order valence-electron chi connectivity index (χ4n) is 1.85. The van der Waals surface area contributed by atoms with Crippen LogP contribution >= 0.6 is 0 Å². The highest BCUT2D eigenvalue weighted by Crippen LogP contribution is 2.11. The molecular weight excluding hydrogens is 270 g/mol. The van der Waals surface area contributed by atoms with Gasteiger partial charge in [0, 0.05) is 12.7 Å². The number of hydrogen-bond donors (Lipinski definition) is 1. The highest BCUT2D eigenvalue weighted by atomic mass is 16.5. The number of aromatic nitrogens is 1. The van der Waals surface area contributed by atoms with Crippen molar-refractivity contribution < 1.29 is 14.6 Å². The van der Waals surface area contributed by atoms with E-state index in [2.05, 4.69) is 0 Å². The van der Waals surface area contributed by atoms with Gasteiger partial charge in [-0.3, -0.25) is 4.79 Å². The number of rotatable bonds is 7. The SMILES string of the molecule is Cc1ccc(OCCOc2cccn(CCO)c2=O)cc1. The van der Waals surface area contributed by atoms with Crippen LogP contribution in [0.5, 0.6) is 11.5 Å². The van der Waals surface area contributed by atoms with Crippen LogP contribution in [0.1, 0.15) is 5.56 Å². The average Bonchev–Trinajstić information content (AvgIpc) is 2.49. The number of hydrogen-bond acceptors (Lipinski definition) is 4. The minimum Gasteiger partial charge on any atom is -0.490 e. The summed E-state index contributed by atoms with van der Waals surface area (Å²) in [5.74, 6) is 1.04. The first-order valence-electron chi connectivity index (χ1n) is 6.83. The predicted molar refractivity (Wildman–Crippen MR) is 80.0 cm³/mol. The Morgan fingerprint density at radius 3 is 2.52 bits per heavy atom. The second-order valence-corrected chi connectivity index (χ2v) is 4.60. The van der Waals surface area contributed by atoms with Crippen LogP contribution in [0.25, 0.3) is 0 Å². The summed E-state index contributed by atoms with van der Waals surface area (Å²) in [6.07, 6.45) is 1.62. The Morgan fingerprint density at radius 1 is 1.10 bits per heavy atom. The number of benzene rings is 1. The lowest BCUT2D eigenvalue weighted by Crippen LogP contribution is -2.23. The van der Waals surface area contributed by atoms with Gasteiger partial charge in [-0.15, -0.1) is 0 Å². The van der Waals surface area contributed by atoms with E-state index in [1.807, 2.05) is 31.2 Å². The zero-order valence-electron chi connectivity index (χ0n) is 12.0. The predicted octanol–water partition coefficient (Wildman–Crippen LogP) is 1.61. The Balaban J connectivity index is 1.85. The minimum absolute atomic E-state index is 0.0834. The molecule has 1 aromatic heterocycles. The molecule has 0 saturated heterocycles. The van der Waals surface area contributed by atoms with Crippen molar-refractivity contribution in [3.63, 3.8) is 0 Å². The van der Waals surface area contributed by atoms with Crippen molar-refractivity contribution in [2.75, 3.05) is 19.8 Å². The molecule has 5 heteroatoms. The van der Waals surface area contributed by atoms with Crippen molar-refractivity contribution in [2.45, 2.75) is 13.5 Å². The third-order valence-electron chi connectivity index (χ3n) is 2.96. The highest BCUT2D eigenvalue weighted by molar-refractivity contribution is 5.26. The van der Waals surface area contributed by atoms with Gasteiger partial charge < -0.3 is 19.1 Å². The molecule has 0 atom stereocenters. The maximum Gasteiger partial charge on any atom is 0.292 e. The van der Waals surface area contributed by atoms with Crippen molar-refractivity contribution >= 4 is 0 Å². The smallest absolute Gasteiger partial charge is 0.292 e. The Morgan fingerprint density at radius 2 is 1.81 bits per heavy atom. The quantitative estimate of drug-likeness (QED) is 0.787. The molecule has 0 aliphatic carbocycles. The third kappa shape index (κ3) is 4.36. The first-order chi connectivity index (χ1) is 10.2. The normalized spacial score (nSPS) is 10.4. The molecule has 21 heavy (non-hydrogen) atoms. The Bertz CT molecular complexity index is 619. The van der Waals surface area contributed by atoms with E-state index >= 15 is 0 Å². The number of aliphatic hydroxyl groups is 1. The van der Waals surface area contributed by atoms with Crippen LogP contribution in [0.15, 0.2) is 47.4 Å². The fourth-order valence-corrected chi connectivity index (χ4v) is 1.85. The molecule has 0 amide bonds. The monoisotopic (exact) mass is 289 g/mol. The van der Waals surface area contributed by atoms with Gasteiger partial charge in [-0.25, -0.2) is 0 Å². The number of ether oxygens (including phenoxy) is 2. The van der Waals surface area contributed by atoms with Crippen molar-refractivity contribution in [1.29, 1.82) is 0 Å². The van der Waals surface area contributed by atoms with E-state index < -0.39 is 0 Å². The van der Waals surface area contributed by atoms with E-state index in [4.69, 9.17) is 14.6 Å². The Hall–Kier alpha value is -2.27. The standard InChI is InChI=1S/C16H19NO4/c1-13-4-6-14(7-5-13)20-11-12-21-15-3-2-8-17(9-10-18)16(15)19/h2-8,18H,9-12H2,1H3. The molecule has 0 radical (unpaired) electrons. The molecule has 2 rings (SSSR count). The zero-order chi connectivity index (χ0) is 15.1. The molecule has 2 aromatic rings. The van der Waals surface area contributed by atoms with Crippen LogP contribution < -0.4 is 15.0 Å². The fraction of sp³-hybridized carbons (Fsp3) is 0.312. The van der Waals surface area contributed by atoms with Crippen LogP contribution in [0, 0.1) is 6.92 Å². The number of aryl methyl sites for hydroxylation is 1. The Labute approximate surface area is 123 Å². The van der Waals surface area contributed by atoms with Gasteiger partial charge in [0.15, 0.2) is 5.75 Å². The molecule has 112 valence electrons. The van der Waals surface area contributed by atoms with Gasteiger partial charge in [-0.2, -0.15) is 0 Å². The van der Waals surface area contributed by atoms with Gasteiger partial charge in [-0.1, -0.05) is 17.7 Å². The van der Waals surface area contributed by atoms with Crippen LogP contribution in [-0.4, -0.2) is 29.5 Å². The maximum atomic E-state index is 11.9. The molecule has 0 saturated carbocycles. The second kappa shape index (κ2) is 7.50. The molecule has 0 aliphatic heterocycles. The molecular formula is C16H19NO4. The van der Waals surface area contributed by atoms with E-state index in [1.54, 1.807) is 18.3 Å². The summed E-state index contributed by atoms with van der Waals surface area (Å²) in [5, 5.41) is 8.87. The second-order valence-electron chi connectivity index (χ2n) is 4.60. The molecule has 0 aliphatic rings. The Kier molecular flexibility index (Phi) is 5.40. The summed E-state index contributed by atoms with van der Waals surface area (Å²) in [7, 11) is 0. The van der Waals surface area contributed by atoms with Gasteiger partial charge in [0.25, 0.3) is 5.56 Å². The largest absolute Gasteiger partial charge is 0.490 e. The summed E-state index contributed by atoms with van der Waals surface area (Å²) >= 11 is 0. The number of nitrogens with zero attached hydrogens (tertiary/aromatic N) is 1. The van der Waals surface area contributed by atoms with E-state index in [-0.39, 0.29) is 31.1 Å². The van der Waals surface area contributed by atoms with Crippen LogP contribution in [0.2, 0.25) is 0 Å². The summed E-state index contributed by atoms with van der Waals surface area (Å²) in [4.78, 5) is 11.9. The highest BCUT2D eigenvalue weighted by Gasteiger charge is 2.03. The van der Waals surface area contributed by atoms with Crippen LogP contribution in [-0.2, 0) is 6.54 Å². The van der Waals surface area contributed by atoms with E-state index in [1.165, 1.54) is 10.1 Å². The van der Waals surface area contributed by atoms with Gasteiger partial charge >= 0.3 is 0 Å². The molecule has 1 aromatic carbocycles. The molecule has 1 heterocycles. The molecule has 1 N–H and O–H groups in total. The average molecular weight is 289 g/mol. The molecule has 0 bridgehead atoms. The van der Waals surface area contributed by atoms with Crippen LogP contribution in [0.4, 0.5) is 0 Å². The maximum absolute atomic E-state index is 11.9. The van der Waals surface area contributed by atoms with Gasteiger partial charge in [0.2, 0.25) is 0 Å². The number of pyridine rings is 1. The van der Waals surface area contributed by atoms with E-state index in [0.29, 0.717) is 6.61 Å². The molecule has 0 fully saturated rings. The summed E-state index contributed by atoms with van der Waals surface area (Å²) in [6.45, 7) is 2.83. The van der Waals surface area contributed by atoms with E-state index in [0.717, 1.165) is 5.75 Å². The summed E-state index contributed by atoms with van der Waals surface area (Å²) in [5.41, 5.74) is 0.925. The first kappa shape index (κ1) is 15.1. The molecule has 5 nitrogen and oxygen atoms in total. The van der Waals surface area contributed by atoms with Gasteiger partial charge in [0.1, 0.15) is 19.0 Å². The lowest BCUT2D eigenvalue weighted by Gasteiger charge is -2.09. The lowest BCUT2D eigenvalue weighted by molar-refractivity contribution is 0.213. The van der Waals surface area contributed by atoms with Crippen molar-refractivity contribution in [2.24, 2.45) is 0 Å². The van der Waals surface area contributed by atoms with Gasteiger partial charge in [-0.05, 0) is 31.2 Å². The molecule has 0 unspecified atom stereocenters. The van der Waals surface area contributed by atoms with Crippen molar-refractivity contribution in [3.05, 3.63) is 58.5 Å². The third-order valence-corrected chi connectivity index (χ3v) is 2.96. The minimum atomic E-state index is -0.248. The van der Waals surface area contributed by atoms with Gasteiger partial charge in [0.05, 0.1) is 6.61 Å². The summed E-state index contributed by atoms with van der Waals surface area (Å²) < 4.78 is 12.4. The molecule has 0 spiro atoms. The summed E-state index contributed by atoms with van der Waals surface area (Å²) in [6, 6.07) is 11.1. The van der Waals surface area contributed by atoms with Crippen LogP contribution in [0.3, 0.4) is 0 Å². The van der Waals surface area contributed by atoms with Crippen molar-refractivity contribution in [3.8, 4) is 11.5 Å². The number of aliphatic hydroxyl groups excluding tert-OH is 1. The topological polar surface area (TPSA) is 60.7 Å². The zero-order valence-corrected chi connectivity index (χ0v) is 12.0. The van der Waals surface area contributed by atoms with Crippen molar-refractivity contribution in [1.82, 2.24) is 4.57 Å². The lowest BCUT2D eigenvalue weighted by atomic mass is 10.2. The van der Waals surface area contributed by atoms with E-state index in [9.17, 15) is 4.79 Å².